The van der Waals surface area contributed by atoms with Crippen LogP contribution in [-0.4, -0.2) is 67.0 Å². The molecule has 6 aliphatic heterocycles. The van der Waals surface area contributed by atoms with Gasteiger partial charge in [-0.2, -0.15) is 0 Å². The highest BCUT2D eigenvalue weighted by molar-refractivity contribution is 5.91. The summed E-state index contributed by atoms with van der Waals surface area (Å²) in [6.07, 6.45) is 44.1. The van der Waals surface area contributed by atoms with Crippen LogP contribution < -0.4 is 0 Å². The first-order chi connectivity index (χ1) is 54.1. The van der Waals surface area contributed by atoms with Crippen molar-refractivity contribution in [1.29, 1.82) is 0 Å². The summed E-state index contributed by atoms with van der Waals surface area (Å²) in [6, 6.07) is 42.3. The number of benzene rings is 4. The summed E-state index contributed by atoms with van der Waals surface area (Å²) in [5.74, 6) is 5.04. The van der Waals surface area contributed by atoms with E-state index in [0.717, 1.165) is 107 Å². The lowest BCUT2D eigenvalue weighted by atomic mass is 9.64. The molecule has 4 aromatic carbocycles. The number of carbonyl (C=O) groups excluding carboxylic acids is 5. The third-order valence-electron chi connectivity index (χ3n) is 30.6. The van der Waals surface area contributed by atoms with Crippen molar-refractivity contribution < 1.29 is 52.4 Å². The quantitative estimate of drug-likeness (QED) is 0.0534. The monoisotopic (exact) mass is 1550 g/mol. The van der Waals surface area contributed by atoms with E-state index in [0.29, 0.717) is 52.9 Å². The molecule has 113 heavy (non-hydrogen) atoms. The molecule has 21 atom stereocenters. The number of unbranched alkanes of at least 4 members (excludes halogenated alkanes) is 10. The molecule has 11 heteroatoms. The molecule has 16 rings (SSSR count). The van der Waals surface area contributed by atoms with Crippen LogP contribution in [0.4, 0.5) is 0 Å². The number of hydrogen-bond donors (Lipinski definition) is 0. The van der Waals surface area contributed by atoms with Crippen LogP contribution in [0.5, 0.6) is 0 Å². The lowest BCUT2D eigenvalue weighted by Gasteiger charge is -2.47. The van der Waals surface area contributed by atoms with Crippen LogP contribution in [0.2, 0.25) is 0 Å². The van der Waals surface area contributed by atoms with Crippen LogP contribution in [0, 0.1) is 70.0 Å². The average molecular weight is 1550 g/mol. The predicted octanol–water partition coefficient (Wildman–Crippen LogP) is 24.9. The van der Waals surface area contributed by atoms with Crippen LogP contribution in [0.1, 0.15) is 331 Å². The van der Waals surface area contributed by atoms with E-state index in [1.807, 2.05) is 39.8 Å². The summed E-state index contributed by atoms with van der Waals surface area (Å²) in [5.41, 5.74) is 8.89. The Morgan fingerprint density at radius 3 is 1.33 bits per heavy atom. The number of allylic oxidation sites excluding steroid dienone is 2. The summed E-state index contributed by atoms with van der Waals surface area (Å²) in [6.45, 7) is 32.2. The number of rotatable bonds is 18. The van der Waals surface area contributed by atoms with E-state index in [9.17, 15) is 24.0 Å². The second-order valence-corrected chi connectivity index (χ2v) is 39.4. The van der Waals surface area contributed by atoms with Gasteiger partial charge in [-0.25, -0.2) is 4.79 Å². The third-order valence-corrected chi connectivity index (χ3v) is 30.6. The summed E-state index contributed by atoms with van der Waals surface area (Å²) in [5, 5.41) is 0. The van der Waals surface area contributed by atoms with Crippen molar-refractivity contribution >= 4 is 29.8 Å². The van der Waals surface area contributed by atoms with Gasteiger partial charge in [0.1, 0.15) is 30.2 Å². The number of fused-ring (bicyclic) bond motifs is 6. The van der Waals surface area contributed by atoms with Gasteiger partial charge in [0.15, 0.2) is 0 Å². The van der Waals surface area contributed by atoms with E-state index >= 15 is 0 Å². The van der Waals surface area contributed by atoms with Gasteiger partial charge in [-0.3, -0.25) is 19.2 Å². The Balaban J connectivity index is 0.000000134. The van der Waals surface area contributed by atoms with Gasteiger partial charge in [-0.05, 0) is 220 Å². The topological polar surface area (TPSA) is 141 Å². The second-order valence-electron chi connectivity index (χ2n) is 39.4. The minimum absolute atomic E-state index is 0.00214. The van der Waals surface area contributed by atoms with Gasteiger partial charge in [0.2, 0.25) is 0 Å². The first kappa shape index (κ1) is 87.5. The van der Waals surface area contributed by atoms with E-state index < -0.39 is 0 Å². The number of hydrogen-bond acceptors (Lipinski definition) is 11. The summed E-state index contributed by atoms with van der Waals surface area (Å²) < 4.78 is 33.8. The van der Waals surface area contributed by atoms with Gasteiger partial charge in [0.05, 0.1) is 23.9 Å². The number of ether oxygens (including phenoxy) is 6. The fraction of sp³-hybridized carbons (Fsp3) is 0.676. The molecule has 5 saturated carbocycles. The maximum atomic E-state index is 11.7. The van der Waals surface area contributed by atoms with E-state index in [1.165, 1.54) is 156 Å². The van der Waals surface area contributed by atoms with Crippen molar-refractivity contribution in [3.8, 4) is 0 Å². The van der Waals surface area contributed by atoms with Gasteiger partial charge in [-0.15, -0.1) is 0 Å². The van der Waals surface area contributed by atoms with Gasteiger partial charge in [0.25, 0.3) is 0 Å². The van der Waals surface area contributed by atoms with Crippen molar-refractivity contribution in [3.05, 3.63) is 167 Å². The molecule has 12 aliphatic rings. The molecule has 6 aliphatic carbocycles. The Morgan fingerprint density at radius 1 is 0.398 bits per heavy atom. The highest BCUT2D eigenvalue weighted by Crippen LogP contribution is 2.54. The van der Waals surface area contributed by atoms with Crippen LogP contribution in [0.25, 0.3) is 0 Å². The molecular formula is C102H146O11. The zero-order chi connectivity index (χ0) is 80.7. The number of carbonyl (C=O) groups is 5. The average Bonchev–Trinajstić information content (AvgIpc) is 1.64. The predicted molar refractivity (Wildman–Crippen MR) is 455 cm³/mol. The molecule has 0 N–H and O–H groups in total. The molecule has 0 aromatic heterocycles. The van der Waals surface area contributed by atoms with Crippen LogP contribution in [0.3, 0.4) is 0 Å². The smallest absolute Gasteiger partial charge is 0.334 e. The molecule has 11 nitrogen and oxygen atoms in total. The maximum absolute atomic E-state index is 11.7. The molecule has 0 bridgehead atoms. The Kier molecular flexibility index (Phi) is 30.4. The minimum Gasteiger partial charge on any atom is -0.462 e. The van der Waals surface area contributed by atoms with Gasteiger partial charge < -0.3 is 28.4 Å². The Labute approximate surface area is 682 Å². The third kappa shape index (κ3) is 21.9. The standard InChI is InChI=1S/C19H34O2.C19H36O.2C16H20O2.2C16H18O2/c1-4-5-6-7-8-9-11-19(3)12-10-16-15(2)13-18(20)21-17(16)14-19;1-4-5-6-7-8-9-12-19(3)13-10-17-16(2)11-14-20-18(17)15-19;4*1-11-13-8-9-16(2,10-14(13)18-15(11)17)12-6-4-3-5-7-12/h15-17H,4-14H2,1-3H3;16-18H,4-15H2,1-3H3;2*3-7,11,13-14H,8-10H2,1-2H3;3-7,14H,8-10H2,1-2H3;3-7,10-11,13H,8-9H2,1-2H3/t;;11?,13-,14?,16?;;;/m..0.../s1. The first-order valence-electron chi connectivity index (χ1n) is 45.4. The molecule has 0 radical (unpaired) electrons. The molecule has 0 spiro atoms. The highest BCUT2D eigenvalue weighted by Gasteiger charge is 2.52. The molecule has 5 saturated heterocycles. The largest absolute Gasteiger partial charge is 0.462 e. The molecule has 6 heterocycles. The van der Waals surface area contributed by atoms with Crippen LogP contribution in [0.15, 0.2) is 144 Å². The van der Waals surface area contributed by atoms with Crippen LogP contribution >= 0.6 is 0 Å². The summed E-state index contributed by atoms with van der Waals surface area (Å²) in [7, 11) is 0. The zero-order valence-corrected chi connectivity index (χ0v) is 72.3. The minimum atomic E-state index is -0.118. The van der Waals surface area contributed by atoms with Crippen molar-refractivity contribution in [1.82, 2.24) is 0 Å². The Hall–Kier alpha value is -6.33. The number of esters is 5. The fourth-order valence-corrected chi connectivity index (χ4v) is 22.4. The first-order valence-corrected chi connectivity index (χ1v) is 45.4. The van der Waals surface area contributed by atoms with E-state index in [2.05, 4.69) is 185 Å². The SMILES string of the molecule is CC1=C2CCC(C)(c3ccccc3)CC2OC1=O.CC1C(=O)OC2=CC(C)(c3ccccc3)CCC21.CC1C(=O)OC2CC(C)(c3ccccc3)CCC21.CC1C(=O)OC2CC(C)(c3ccccc3)CC[C@H]21.CCCCCCCCC1(C)CCC2C(C)CC(=O)OC2C1.CCCCCCCCC1(C)CCC2C(C)CCOC2C1. The van der Waals surface area contributed by atoms with Crippen molar-refractivity contribution in [2.24, 2.45) is 70.0 Å². The molecule has 0 amide bonds. The lowest BCUT2D eigenvalue weighted by molar-refractivity contribution is -0.170. The van der Waals surface area contributed by atoms with E-state index in [4.69, 9.17) is 28.4 Å². The van der Waals surface area contributed by atoms with Crippen LogP contribution in [-0.2, 0) is 74.1 Å². The maximum Gasteiger partial charge on any atom is 0.334 e. The van der Waals surface area contributed by atoms with Crippen molar-refractivity contribution in [3.63, 3.8) is 0 Å². The van der Waals surface area contributed by atoms with E-state index in [-0.39, 0.29) is 93.7 Å². The van der Waals surface area contributed by atoms with Gasteiger partial charge in [-0.1, -0.05) is 288 Å². The summed E-state index contributed by atoms with van der Waals surface area (Å²) in [4.78, 5) is 58.2. The highest BCUT2D eigenvalue weighted by atomic mass is 16.6. The molecule has 4 aromatic rings. The van der Waals surface area contributed by atoms with Crippen molar-refractivity contribution in [2.45, 2.75) is 361 Å². The fourth-order valence-electron chi connectivity index (χ4n) is 22.4. The molecule has 20 unspecified atom stereocenters. The molecule has 620 valence electrons. The van der Waals surface area contributed by atoms with Gasteiger partial charge in [0, 0.05) is 41.8 Å². The van der Waals surface area contributed by atoms with E-state index in [1.54, 1.807) is 0 Å². The Morgan fingerprint density at radius 2 is 0.832 bits per heavy atom. The summed E-state index contributed by atoms with van der Waals surface area (Å²) >= 11 is 0. The second kappa shape index (κ2) is 39.3. The van der Waals surface area contributed by atoms with Crippen molar-refractivity contribution in [2.75, 3.05) is 6.61 Å². The Bertz CT molecular complexity index is 3710. The zero-order valence-electron chi connectivity index (χ0n) is 72.3. The van der Waals surface area contributed by atoms with Gasteiger partial charge >= 0.3 is 29.8 Å². The lowest BCUT2D eigenvalue weighted by Crippen LogP contribution is -2.45. The molecule has 10 fully saturated rings. The normalized spacial score (nSPS) is 36.4. The molecular weight excluding hydrogens is 1400 g/mol.